The number of hydrogen-bond donors (Lipinski definition) is 0. The first-order chi connectivity index (χ1) is 6.51. The van der Waals surface area contributed by atoms with Gasteiger partial charge in [0, 0.05) is 12.9 Å². The molecule has 7 heteroatoms. The van der Waals surface area contributed by atoms with Crippen molar-refractivity contribution in [2.75, 3.05) is 19.1 Å². The van der Waals surface area contributed by atoms with Crippen LogP contribution < -0.4 is 0 Å². The Labute approximate surface area is 87.2 Å². The topological polar surface area (TPSA) is 61.8 Å². The fourth-order valence-corrected chi connectivity index (χ4v) is 3.87. The van der Waals surface area contributed by atoms with E-state index in [-0.39, 0.29) is 23.7 Å². The lowest BCUT2D eigenvalue weighted by Gasteiger charge is -2.19. The van der Waals surface area contributed by atoms with Gasteiger partial charge in [-0.25, -0.2) is 0 Å². The third-order valence-corrected chi connectivity index (χ3v) is 4.21. The first-order valence-electron chi connectivity index (χ1n) is 4.19. The quantitative estimate of drug-likeness (QED) is 0.638. The van der Waals surface area contributed by atoms with E-state index in [9.17, 15) is 8.42 Å². The Kier molecular flexibility index (Phi) is 2.78. The second-order valence-corrected chi connectivity index (χ2v) is 6.15. The molecule has 14 heavy (non-hydrogen) atoms. The standard InChI is InChI=1S/C7H12O5S2/c1-10-7-6-5(12-14(2,8)9)4(11-7)3-13-6/h4-7H,3H2,1-2H3/t4-,5+,6+,7+/m1/s1. The third-order valence-electron chi connectivity index (χ3n) is 2.24. The summed E-state index contributed by atoms with van der Waals surface area (Å²) in [5.74, 6) is 0.769. The van der Waals surface area contributed by atoms with E-state index in [1.54, 1.807) is 18.9 Å². The highest BCUT2D eigenvalue weighted by molar-refractivity contribution is 8.00. The molecule has 2 heterocycles. The van der Waals surface area contributed by atoms with Gasteiger partial charge in [-0.15, -0.1) is 11.8 Å². The van der Waals surface area contributed by atoms with Gasteiger partial charge < -0.3 is 9.47 Å². The number of hydrogen-bond acceptors (Lipinski definition) is 6. The van der Waals surface area contributed by atoms with Crippen LogP contribution in [0.25, 0.3) is 0 Å². The summed E-state index contributed by atoms with van der Waals surface area (Å²) in [5.41, 5.74) is 0. The molecule has 2 bridgehead atoms. The van der Waals surface area contributed by atoms with Gasteiger partial charge in [0.2, 0.25) is 0 Å². The van der Waals surface area contributed by atoms with Gasteiger partial charge in [0.25, 0.3) is 10.1 Å². The molecule has 0 N–H and O–H groups in total. The molecule has 2 fully saturated rings. The minimum atomic E-state index is -3.41. The van der Waals surface area contributed by atoms with Gasteiger partial charge in [-0.05, 0) is 0 Å². The second-order valence-electron chi connectivity index (χ2n) is 3.34. The number of methoxy groups -OCH3 is 1. The van der Waals surface area contributed by atoms with Gasteiger partial charge in [-0.3, -0.25) is 4.18 Å². The first kappa shape index (κ1) is 10.7. The lowest BCUT2D eigenvalue weighted by atomic mass is 10.2. The molecule has 0 aromatic rings. The molecule has 2 aliphatic rings. The van der Waals surface area contributed by atoms with E-state index in [0.29, 0.717) is 0 Å². The van der Waals surface area contributed by atoms with Crippen LogP contribution in [0.15, 0.2) is 0 Å². The van der Waals surface area contributed by atoms with Crippen molar-refractivity contribution in [3.05, 3.63) is 0 Å². The van der Waals surface area contributed by atoms with Crippen molar-refractivity contribution in [1.29, 1.82) is 0 Å². The SMILES string of the molecule is CO[C@H]1O[C@@H]2CS[C@H]1[C@H]2OS(C)(=O)=O. The molecule has 82 valence electrons. The Hall–Kier alpha value is 0.180. The molecule has 2 aliphatic heterocycles. The smallest absolute Gasteiger partial charge is 0.264 e. The highest BCUT2D eigenvalue weighted by Crippen LogP contribution is 2.42. The summed E-state index contributed by atoms with van der Waals surface area (Å²) in [7, 11) is -1.87. The van der Waals surface area contributed by atoms with Crippen LogP contribution >= 0.6 is 11.8 Å². The van der Waals surface area contributed by atoms with E-state index in [1.165, 1.54) is 0 Å². The molecular weight excluding hydrogens is 228 g/mol. The van der Waals surface area contributed by atoms with Gasteiger partial charge in [-0.1, -0.05) is 0 Å². The predicted molar refractivity (Wildman–Crippen MR) is 51.6 cm³/mol. The first-order valence-corrected chi connectivity index (χ1v) is 7.06. The Bertz CT molecular complexity index is 314. The summed E-state index contributed by atoms with van der Waals surface area (Å²) in [6.45, 7) is 0. The summed E-state index contributed by atoms with van der Waals surface area (Å²) in [4.78, 5) is 0. The molecule has 2 rings (SSSR count). The molecule has 0 saturated carbocycles. The fraction of sp³-hybridized carbons (Fsp3) is 1.00. The average Bonchev–Trinajstić information content (AvgIpc) is 2.59. The molecule has 5 nitrogen and oxygen atoms in total. The van der Waals surface area contributed by atoms with Crippen LogP contribution in [0.5, 0.6) is 0 Å². The lowest BCUT2D eigenvalue weighted by molar-refractivity contribution is -0.112. The third kappa shape index (κ3) is 1.92. The predicted octanol–water partition coefficient (Wildman–Crippen LogP) is -0.182. The molecule has 0 amide bonds. The molecule has 0 spiro atoms. The minimum Gasteiger partial charge on any atom is -0.355 e. The zero-order valence-electron chi connectivity index (χ0n) is 7.87. The molecule has 0 aliphatic carbocycles. The number of rotatable bonds is 3. The number of thioether (sulfide) groups is 1. The normalized spacial score (nSPS) is 41.9. The minimum absolute atomic E-state index is 0.0280. The maximum absolute atomic E-state index is 11.0. The molecule has 0 aromatic heterocycles. The van der Waals surface area contributed by atoms with Crippen molar-refractivity contribution in [3.63, 3.8) is 0 Å². The van der Waals surface area contributed by atoms with Crippen LogP contribution in [0.2, 0.25) is 0 Å². The van der Waals surface area contributed by atoms with Crippen molar-refractivity contribution in [2.24, 2.45) is 0 Å². The van der Waals surface area contributed by atoms with E-state index < -0.39 is 10.1 Å². The molecule has 4 atom stereocenters. The van der Waals surface area contributed by atoms with Crippen molar-refractivity contribution in [2.45, 2.75) is 23.7 Å². The van der Waals surface area contributed by atoms with Gasteiger partial charge in [0.05, 0.1) is 17.6 Å². The van der Waals surface area contributed by atoms with E-state index in [1.807, 2.05) is 0 Å². The molecule has 0 unspecified atom stereocenters. The summed E-state index contributed by atoms with van der Waals surface area (Å²) in [6.07, 6.45) is 0.159. The Morgan fingerprint density at radius 3 is 2.71 bits per heavy atom. The zero-order valence-corrected chi connectivity index (χ0v) is 9.51. The Morgan fingerprint density at radius 2 is 2.21 bits per heavy atom. The van der Waals surface area contributed by atoms with Crippen LogP contribution in [0, 0.1) is 0 Å². The zero-order chi connectivity index (χ0) is 10.3. The van der Waals surface area contributed by atoms with Gasteiger partial charge in [0.1, 0.15) is 6.10 Å². The summed E-state index contributed by atoms with van der Waals surface area (Å²) in [5, 5.41) is -0.0280. The molecule has 2 saturated heterocycles. The maximum atomic E-state index is 11.0. The van der Waals surface area contributed by atoms with E-state index >= 15 is 0 Å². The summed E-state index contributed by atoms with van der Waals surface area (Å²) in [6, 6.07) is 0. The van der Waals surface area contributed by atoms with Crippen LogP contribution in [-0.2, 0) is 23.8 Å². The Balaban J connectivity index is 2.08. The fourth-order valence-electron chi connectivity index (χ4n) is 1.72. The van der Waals surface area contributed by atoms with E-state index in [0.717, 1.165) is 12.0 Å². The van der Waals surface area contributed by atoms with Crippen molar-refractivity contribution in [3.8, 4) is 0 Å². The van der Waals surface area contributed by atoms with E-state index in [2.05, 4.69) is 0 Å². The molecular formula is C7H12O5S2. The monoisotopic (exact) mass is 240 g/mol. The molecule has 0 radical (unpaired) electrons. The number of ether oxygens (including phenoxy) is 2. The van der Waals surface area contributed by atoms with Crippen LogP contribution in [0.3, 0.4) is 0 Å². The highest BCUT2D eigenvalue weighted by Gasteiger charge is 2.52. The van der Waals surface area contributed by atoms with Crippen molar-refractivity contribution < 1.29 is 22.1 Å². The summed E-state index contributed by atoms with van der Waals surface area (Å²) >= 11 is 1.63. The van der Waals surface area contributed by atoms with Gasteiger partial charge in [-0.2, -0.15) is 8.42 Å². The summed E-state index contributed by atoms with van der Waals surface area (Å²) < 4.78 is 37.4. The Morgan fingerprint density at radius 1 is 1.50 bits per heavy atom. The van der Waals surface area contributed by atoms with Gasteiger partial charge in [0.15, 0.2) is 6.29 Å². The van der Waals surface area contributed by atoms with E-state index in [4.69, 9.17) is 13.7 Å². The van der Waals surface area contributed by atoms with Gasteiger partial charge >= 0.3 is 0 Å². The van der Waals surface area contributed by atoms with Crippen molar-refractivity contribution >= 4 is 21.9 Å². The maximum Gasteiger partial charge on any atom is 0.264 e. The lowest BCUT2D eigenvalue weighted by Crippen LogP contribution is -2.30. The molecule has 0 aromatic carbocycles. The number of fused-ring (bicyclic) bond motifs is 2. The van der Waals surface area contributed by atoms with Crippen LogP contribution in [0.4, 0.5) is 0 Å². The largest absolute Gasteiger partial charge is 0.355 e. The highest BCUT2D eigenvalue weighted by atomic mass is 32.2. The van der Waals surface area contributed by atoms with Crippen LogP contribution in [-0.4, -0.2) is 51.3 Å². The second kappa shape index (κ2) is 3.64. The van der Waals surface area contributed by atoms with Crippen LogP contribution in [0.1, 0.15) is 0 Å². The average molecular weight is 240 g/mol. The van der Waals surface area contributed by atoms with Crippen molar-refractivity contribution in [1.82, 2.24) is 0 Å².